The minimum Gasteiger partial charge on any atom is -0.340 e. The maximum absolute atomic E-state index is 12.5. The van der Waals surface area contributed by atoms with Gasteiger partial charge in [0.05, 0.1) is 0 Å². The lowest BCUT2D eigenvalue weighted by atomic mass is 10.1. The molecule has 2 aromatic carbocycles. The molecule has 0 unspecified atom stereocenters. The van der Waals surface area contributed by atoms with Crippen LogP contribution < -0.4 is 16.0 Å². The first-order valence-corrected chi connectivity index (χ1v) is 8.76. The minimum absolute atomic E-state index is 0.151. The van der Waals surface area contributed by atoms with Gasteiger partial charge in [0.15, 0.2) is 0 Å². The molecule has 28 heavy (non-hydrogen) atoms. The monoisotopic (exact) mass is 375 g/mol. The summed E-state index contributed by atoms with van der Waals surface area (Å²) in [7, 11) is 0. The predicted molar refractivity (Wildman–Crippen MR) is 110 cm³/mol. The summed E-state index contributed by atoms with van der Waals surface area (Å²) in [5.41, 5.74) is 4.64. The zero-order valence-corrected chi connectivity index (χ0v) is 15.9. The van der Waals surface area contributed by atoms with Crippen molar-refractivity contribution < 1.29 is 9.59 Å². The number of anilines is 4. The Labute approximate surface area is 163 Å². The molecule has 0 bridgehead atoms. The van der Waals surface area contributed by atoms with Gasteiger partial charge in [-0.25, -0.2) is 9.97 Å². The van der Waals surface area contributed by atoms with Gasteiger partial charge < -0.3 is 16.0 Å². The normalized spacial score (nSPS) is 10.2. The van der Waals surface area contributed by atoms with Gasteiger partial charge in [-0.15, -0.1) is 0 Å². The standard InChI is InChI=1S/C21H21N5O2/c1-13-4-5-14(2)18(10-13)26-20-11-19(22-12-23-20)21(28)25-17-8-6-16(7-9-17)24-15(3)27/h4-12H,1-3H3,(H,24,27)(H,25,28)(H,22,23,26). The van der Waals surface area contributed by atoms with Crippen LogP contribution in [0.4, 0.5) is 22.9 Å². The fourth-order valence-electron chi connectivity index (χ4n) is 2.59. The molecule has 0 aliphatic rings. The second kappa shape index (κ2) is 8.30. The topological polar surface area (TPSA) is 96.0 Å². The number of carbonyl (C=O) groups is 2. The van der Waals surface area contributed by atoms with Gasteiger partial charge in [-0.3, -0.25) is 9.59 Å². The molecule has 0 aliphatic carbocycles. The van der Waals surface area contributed by atoms with Crippen molar-refractivity contribution in [1.82, 2.24) is 9.97 Å². The molecular weight excluding hydrogens is 354 g/mol. The summed E-state index contributed by atoms with van der Waals surface area (Å²) < 4.78 is 0. The third-order valence-electron chi connectivity index (χ3n) is 4.02. The van der Waals surface area contributed by atoms with Gasteiger partial charge in [-0.1, -0.05) is 12.1 Å². The van der Waals surface area contributed by atoms with Crippen molar-refractivity contribution in [1.29, 1.82) is 0 Å². The van der Waals surface area contributed by atoms with Gasteiger partial charge >= 0.3 is 0 Å². The van der Waals surface area contributed by atoms with Crippen LogP contribution in [0.2, 0.25) is 0 Å². The number of aryl methyl sites for hydroxylation is 2. The molecule has 3 rings (SSSR count). The van der Waals surface area contributed by atoms with Crippen LogP contribution >= 0.6 is 0 Å². The Kier molecular flexibility index (Phi) is 5.64. The highest BCUT2D eigenvalue weighted by Crippen LogP contribution is 2.21. The average molecular weight is 375 g/mol. The van der Waals surface area contributed by atoms with Crippen LogP contribution in [-0.2, 0) is 4.79 Å². The molecule has 0 radical (unpaired) electrons. The van der Waals surface area contributed by atoms with Gasteiger partial charge in [0, 0.05) is 30.1 Å². The molecule has 1 aromatic heterocycles. The van der Waals surface area contributed by atoms with Crippen LogP contribution in [0, 0.1) is 13.8 Å². The number of nitrogens with one attached hydrogen (secondary N) is 3. The Morgan fingerprint density at radius 3 is 2.21 bits per heavy atom. The highest BCUT2D eigenvalue weighted by molar-refractivity contribution is 6.03. The number of carbonyl (C=O) groups excluding carboxylic acids is 2. The molecule has 0 atom stereocenters. The Bertz CT molecular complexity index is 1020. The van der Waals surface area contributed by atoms with E-state index in [0.29, 0.717) is 17.2 Å². The highest BCUT2D eigenvalue weighted by Gasteiger charge is 2.10. The van der Waals surface area contributed by atoms with Crippen LogP contribution in [0.5, 0.6) is 0 Å². The van der Waals surface area contributed by atoms with Gasteiger partial charge in [0.1, 0.15) is 17.8 Å². The van der Waals surface area contributed by atoms with E-state index in [9.17, 15) is 9.59 Å². The molecule has 0 fully saturated rings. The fourth-order valence-corrected chi connectivity index (χ4v) is 2.59. The summed E-state index contributed by atoms with van der Waals surface area (Å²) in [6.07, 6.45) is 1.35. The maximum Gasteiger partial charge on any atom is 0.274 e. The molecule has 0 aliphatic heterocycles. The largest absolute Gasteiger partial charge is 0.340 e. The van der Waals surface area contributed by atoms with Crippen molar-refractivity contribution >= 4 is 34.7 Å². The Hall–Kier alpha value is -3.74. The van der Waals surface area contributed by atoms with Crippen molar-refractivity contribution in [3.63, 3.8) is 0 Å². The zero-order chi connectivity index (χ0) is 20.1. The van der Waals surface area contributed by atoms with Crippen molar-refractivity contribution in [3.8, 4) is 0 Å². The van der Waals surface area contributed by atoms with Gasteiger partial charge in [-0.05, 0) is 55.3 Å². The van der Waals surface area contributed by atoms with Gasteiger partial charge in [-0.2, -0.15) is 0 Å². The fraction of sp³-hybridized carbons (Fsp3) is 0.143. The third-order valence-corrected chi connectivity index (χ3v) is 4.02. The smallest absolute Gasteiger partial charge is 0.274 e. The molecular formula is C21H21N5O2. The molecule has 7 heteroatoms. The first-order chi connectivity index (χ1) is 13.4. The van der Waals surface area contributed by atoms with Crippen molar-refractivity contribution in [2.75, 3.05) is 16.0 Å². The second-order valence-corrected chi connectivity index (χ2v) is 6.44. The van der Waals surface area contributed by atoms with Crippen LogP contribution in [0.25, 0.3) is 0 Å². The zero-order valence-electron chi connectivity index (χ0n) is 15.9. The molecule has 7 nitrogen and oxygen atoms in total. The van der Waals surface area contributed by atoms with Crippen LogP contribution in [-0.4, -0.2) is 21.8 Å². The van der Waals surface area contributed by atoms with Gasteiger partial charge in [0.25, 0.3) is 5.91 Å². The Balaban J connectivity index is 1.71. The molecule has 1 heterocycles. The molecule has 3 aromatic rings. The quantitative estimate of drug-likeness (QED) is 0.625. The summed E-state index contributed by atoms with van der Waals surface area (Å²) in [6, 6.07) is 14.5. The summed E-state index contributed by atoms with van der Waals surface area (Å²) >= 11 is 0. The van der Waals surface area contributed by atoms with E-state index in [1.54, 1.807) is 30.3 Å². The minimum atomic E-state index is -0.348. The number of rotatable bonds is 5. The first-order valence-electron chi connectivity index (χ1n) is 8.76. The lowest BCUT2D eigenvalue weighted by Crippen LogP contribution is -2.14. The maximum atomic E-state index is 12.5. The number of hydrogen-bond donors (Lipinski definition) is 3. The van der Waals surface area contributed by atoms with E-state index >= 15 is 0 Å². The number of amides is 2. The van der Waals surface area contributed by atoms with E-state index in [1.807, 2.05) is 32.0 Å². The molecule has 2 amide bonds. The van der Waals surface area contributed by atoms with Crippen LogP contribution in [0.3, 0.4) is 0 Å². The number of aromatic nitrogens is 2. The van der Waals surface area contributed by atoms with E-state index in [0.717, 1.165) is 16.8 Å². The SMILES string of the molecule is CC(=O)Nc1ccc(NC(=O)c2cc(Nc3cc(C)ccc3C)ncn2)cc1. The van der Waals surface area contributed by atoms with E-state index in [4.69, 9.17) is 0 Å². The predicted octanol–water partition coefficient (Wildman–Crippen LogP) is 4.05. The van der Waals surface area contributed by atoms with Crippen LogP contribution in [0.15, 0.2) is 54.9 Å². The summed E-state index contributed by atoms with van der Waals surface area (Å²) in [5, 5.41) is 8.68. The molecule has 0 saturated carbocycles. The van der Waals surface area contributed by atoms with E-state index in [2.05, 4.69) is 25.9 Å². The molecule has 3 N–H and O–H groups in total. The number of nitrogens with zero attached hydrogens (tertiary/aromatic N) is 2. The lowest BCUT2D eigenvalue weighted by molar-refractivity contribution is -0.114. The average Bonchev–Trinajstić information content (AvgIpc) is 2.66. The molecule has 0 spiro atoms. The summed E-state index contributed by atoms with van der Waals surface area (Å²) in [6.45, 7) is 5.45. The molecule has 142 valence electrons. The third kappa shape index (κ3) is 4.91. The lowest BCUT2D eigenvalue weighted by Gasteiger charge is -2.11. The van der Waals surface area contributed by atoms with Crippen molar-refractivity contribution in [2.45, 2.75) is 20.8 Å². The summed E-state index contributed by atoms with van der Waals surface area (Å²) in [4.78, 5) is 31.8. The van der Waals surface area contributed by atoms with Gasteiger partial charge in [0.2, 0.25) is 5.91 Å². The first kappa shape index (κ1) is 19.0. The highest BCUT2D eigenvalue weighted by atomic mass is 16.2. The summed E-state index contributed by atoms with van der Waals surface area (Å²) in [5.74, 6) is 0.0372. The number of benzene rings is 2. The van der Waals surface area contributed by atoms with E-state index in [-0.39, 0.29) is 17.5 Å². The van der Waals surface area contributed by atoms with E-state index < -0.39 is 0 Å². The second-order valence-electron chi connectivity index (χ2n) is 6.44. The molecule has 0 saturated heterocycles. The van der Waals surface area contributed by atoms with E-state index in [1.165, 1.54) is 13.3 Å². The Morgan fingerprint density at radius 2 is 1.54 bits per heavy atom. The van der Waals surface area contributed by atoms with Crippen molar-refractivity contribution in [2.24, 2.45) is 0 Å². The van der Waals surface area contributed by atoms with Crippen molar-refractivity contribution in [3.05, 3.63) is 71.7 Å². The Morgan fingerprint density at radius 1 is 0.857 bits per heavy atom. The van der Waals surface area contributed by atoms with Crippen LogP contribution in [0.1, 0.15) is 28.5 Å². The number of hydrogen-bond acceptors (Lipinski definition) is 5.